The summed E-state index contributed by atoms with van der Waals surface area (Å²) in [4.78, 5) is 0. The minimum atomic E-state index is 0.563. The van der Waals surface area contributed by atoms with Crippen LogP contribution in [0.15, 0.2) is 72.8 Å². The predicted molar refractivity (Wildman–Crippen MR) is 84.2 cm³/mol. The van der Waals surface area contributed by atoms with Crippen molar-refractivity contribution >= 4 is 25.5 Å². The van der Waals surface area contributed by atoms with Crippen molar-refractivity contribution in [3.63, 3.8) is 0 Å². The van der Waals surface area contributed by atoms with Crippen LogP contribution < -0.4 is 5.19 Å². The molecule has 0 saturated carbocycles. The van der Waals surface area contributed by atoms with Gasteiger partial charge in [-0.3, -0.25) is 0 Å². The zero-order valence-corrected chi connectivity index (χ0v) is 12.0. The molecule has 0 aliphatic carbocycles. The highest BCUT2D eigenvalue weighted by molar-refractivity contribution is 6.55. The van der Waals surface area contributed by atoms with Crippen molar-refractivity contribution in [2.45, 2.75) is 12.5 Å². The third kappa shape index (κ3) is 2.61. The Kier molecular flexibility index (Phi) is 3.47. The number of benzene rings is 3. The monoisotopic (exact) mass is 260 g/mol. The molecule has 0 saturated heterocycles. The fourth-order valence-corrected chi connectivity index (χ4v) is 3.78. The second-order valence-corrected chi connectivity index (χ2v) is 6.53. The average molecular weight is 260 g/mol. The molecule has 2 radical (unpaired) electrons. The Morgan fingerprint density at radius 2 is 1.42 bits per heavy atom. The second-order valence-electron chi connectivity index (χ2n) is 4.80. The normalized spacial score (nSPS) is 12.5. The topological polar surface area (TPSA) is 0 Å². The van der Waals surface area contributed by atoms with Gasteiger partial charge >= 0.3 is 0 Å². The maximum atomic E-state index is 2.33. The molecule has 0 amide bonds. The minimum absolute atomic E-state index is 0.563. The Labute approximate surface area is 116 Å². The largest absolute Gasteiger partial charge is 0.0887 e. The smallest absolute Gasteiger partial charge is 0.0636 e. The fourth-order valence-electron chi connectivity index (χ4n) is 2.49. The quantitative estimate of drug-likeness (QED) is 0.626. The van der Waals surface area contributed by atoms with Gasteiger partial charge < -0.3 is 0 Å². The molecule has 1 unspecified atom stereocenters. The molecule has 0 N–H and O–H groups in total. The van der Waals surface area contributed by atoms with Crippen LogP contribution >= 0.6 is 0 Å². The zero-order valence-electron chi connectivity index (χ0n) is 11.0. The first-order chi connectivity index (χ1) is 9.34. The van der Waals surface area contributed by atoms with E-state index in [0.717, 1.165) is 9.52 Å². The number of fused-ring (bicyclic) bond motifs is 1. The van der Waals surface area contributed by atoms with Crippen LogP contribution in [0.3, 0.4) is 0 Å². The van der Waals surface area contributed by atoms with Gasteiger partial charge in [0, 0.05) is 0 Å². The van der Waals surface area contributed by atoms with Crippen LogP contribution in [0.2, 0.25) is 0 Å². The number of hydrogen-bond donors (Lipinski definition) is 0. The van der Waals surface area contributed by atoms with Crippen molar-refractivity contribution < 1.29 is 0 Å². The molecule has 3 aromatic carbocycles. The highest BCUT2D eigenvalue weighted by Gasteiger charge is 2.10. The SMILES string of the molecule is CC([Si]c1ccccc1)c1cccc2ccccc12. The van der Waals surface area contributed by atoms with E-state index < -0.39 is 0 Å². The summed E-state index contributed by atoms with van der Waals surface area (Å²) in [6.45, 7) is 2.33. The van der Waals surface area contributed by atoms with Crippen molar-refractivity contribution in [2.75, 3.05) is 0 Å². The average Bonchev–Trinajstić information content (AvgIpc) is 2.47. The summed E-state index contributed by atoms with van der Waals surface area (Å²) in [5.74, 6) is 0. The molecule has 0 aromatic heterocycles. The fraction of sp³-hybridized carbons (Fsp3) is 0.111. The lowest BCUT2D eigenvalue weighted by molar-refractivity contribution is 1.09. The van der Waals surface area contributed by atoms with Crippen molar-refractivity contribution in [1.29, 1.82) is 0 Å². The van der Waals surface area contributed by atoms with Crippen LogP contribution in [0.4, 0.5) is 0 Å². The standard InChI is InChI=1S/C18H16Si/c1-14(19-16-10-3-2-4-11-16)17-13-7-9-15-8-5-6-12-18(15)17/h2-14H,1H3. The highest BCUT2D eigenvalue weighted by Crippen LogP contribution is 2.24. The molecule has 0 aliphatic rings. The van der Waals surface area contributed by atoms with E-state index >= 15 is 0 Å². The third-order valence-electron chi connectivity index (χ3n) is 3.45. The van der Waals surface area contributed by atoms with E-state index in [4.69, 9.17) is 0 Å². The second kappa shape index (κ2) is 5.41. The Hall–Kier alpha value is -1.86. The summed E-state index contributed by atoms with van der Waals surface area (Å²) in [5.41, 5.74) is 2.02. The number of hydrogen-bond acceptors (Lipinski definition) is 0. The van der Waals surface area contributed by atoms with Crippen LogP contribution in [0.5, 0.6) is 0 Å². The Morgan fingerprint density at radius 1 is 0.737 bits per heavy atom. The van der Waals surface area contributed by atoms with Crippen LogP contribution in [0.1, 0.15) is 18.0 Å². The summed E-state index contributed by atoms with van der Waals surface area (Å²) >= 11 is 0. The van der Waals surface area contributed by atoms with Gasteiger partial charge in [-0.1, -0.05) is 84.9 Å². The van der Waals surface area contributed by atoms with E-state index in [-0.39, 0.29) is 0 Å². The Bertz CT molecular complexity index is 668. The lowest BCUT2D eigenvalue weighted by atomic mass is 10.0. The molecule has 0 spiro atoms. The van der Waals surface area contributed by atoms with E-state index in [1.807, 2.05) is 0 Å². The summed E-state index contributed by atoms with van der Waals surface area (Å²) in [7, 11) is 0.819. The summed E-state index contributed by atoms with van der Waals surface area (Å²) in [5, 5.41) is 4.16. The molecule has 92 valence electrons. The first kappa shape index (κ1) is 12.2. The molecule has 3 rings (SSSR count). The van der Waals surface area contributed by atoms with Gasteiger partial charge in [-0.05, 0) is 21.9 Å². The summed E-state index contributed by atoms with van der Waals surface area (Å²) in [6, 6.07) is 26.1. The van der Waals surface area contributed by atoms with Gasteiger partial charge in [0.2, 0.25) is 0 Å². The first-order valence-corrected chi connectivity index (χ1v) is 7.71. The predicted octanol–water partition coefficient (Wildman–Crippen LogP) is 3.93. The summed E-state index contributed by atoms with van der Waals surface area (Å²) < 4.78 is 0. The van der Waals surface area contributed by atoms with Gasteiger partial charge in [-0.15, -0.1) is 0 Å². The van der Waals surface area contributed by atoms with E-state index in [2.05, 4.69) is 79.7 Å². The van der Waals surface area contributed by atoms with E-state index in [0.29, 0.717) is 5.54 Å². The van der Waals surface area contributed by atoms with Gasteiger partial charge in [0.25, 0.3) is 0 Å². The van der Waals surface area contributed by atoms with Crippen molar-refractivity contribution in [3.8, 4) is 0 Å². The van der Waals surface area contributed by atoms with Gasteiger partial charge in [0.15, 0.2) is 0 Å². The Morgan fingerprint density at radius 3 is 2.26 bits per heavy atom. The molecular formula is C18H16Si. The van der Waals surface area contributed by atoms with E-state index in [1.165, 1.54) is 21.5 Å². The first-order valence-electron chi connectivity index (χ1n) is 6.64. The van der Waals surface area contributed by atoms with Crippen molar-refractivity contribution in [1.82, 2.24) is 0 Å². The lowest BCUT2D eigenvalue weighted by Crippen LogP contribution is -2.19. The lowest BCUT2D eigenvalue weighted by Gasteiger charge is -2.14. The maximum absolute atomic E-state index is 2.33. The third-order valence-corrected chi connectivity index (χ3v) is 4.86. The van der Waals surface area contributed by atoms with Gasteiger partial charge in [-0.2, -0.15) is 0 Å². The molecule has 3 aromatic rings. The number of rotatable bonds is 3. The van der Waals surface area contributed by atoms with Gasteiger partial charge in [-0.25, -0.2) is 0 Å². The van der Waals surface area contributed by atoms with Crippen LogP contribution in [-0.2, 0) is 0 Å². The maximum Gasteiger partial charge on any atom is 0.0887 e. The molecule has 0 bridgehead atoms. The van der Waals surface area contributed by atoms with Crippen LogP contribution in [0.25, 0.3) is 10.8 Å². The molecule has 0 aliphatic heterocycles. The summed E-state index contributed by atoms with van der Waals surface area (Å²) in [6.07, 6.45) is 0. The van der Waals surface area contributed by atoms with Crippen molar-refractivity contribution in [2.24, 2.45) is 0 Å². The molecule has 1 atom stereocenters. The van der Waals surface area contributed by atoms with Crippen molar-refractivity contribution in [3.05, 3.63) is 78.4 Å². The van der Waals surface area contributed by atoms with E-state index in [9.17, 15) is 0 Å². The molecular weight excluding hydrogens is 244 g/mol. The zero-order chi connectivity index (χ0) is 13.1. The van der Waals surface area contributed by atoms with E-state index in [1.54, 1.807) is 0 Å². The van der Waals surface area contributed by atoms with Crippen LogP contribution in [-0.4, -0.2) is 9.52 Å². The van der Waals surface area contributed by atoms with Gasteiger partial charge in [0.05, 0.1) is 9.52 Å². The molecule has 0 fully saturated rings. The highest BCUT2D eigenvalue weighted by atomic mass is 28.2. The van der Waals surface area contributed by atoms with Crippen LogP contribution in [0, 0.1) is 0 Å². The molecule has 0 nitrogen and oxygen atoms in total. The Balaban J connectivity index is 1.96. The molecule has 1 heteroatoms. The van der Waals surface area contributed by atoms with Gasteiger partial charge in [0.1, 0.15) is 0 Å². The molecule has 0 heterocycles. The molecule has 19 heavy (non-hydrogen) atoms. The minimum Gasteiger partial charge on any atom is -0.0636 e.